The van der Waals surface area contributed by atoms with Crippen molar-refractivity contribution < 1.29 is 13.2 Å². The molecule has 1 aliphatic rings. The minimum absolute atomic E-state index is 0.00592. The summed E-state index contributed by atoms with van der Waals surface area (Å²) in [6, 6.07) is 5.73. The summed E-state index contributed by atoms with van der Waals surface area (Å²) < 4.78 is 22.3. The van der Waals surface area contributed by atoms with Crippen LogP contribution in [0.1, 0.15) is 37.0 Å². The Morgan fingerprint density at radius 1 is 1.26 bits per heavy atom. The van der Waals surface area contributed by atoms with E-state index >= 15 is 0 Å². The van der Waals surface area contributed by atoms with Crippen LogP contribution in [0.2, 0.25) is 0 Å². The number of rotatable bonds is 2. The van der Waals surface area contributed by atoms with Crippen LogP contribution in [-0.4, -0.2) is 31.3 Å². The van der Waals surface area contributed by atoms with Crippen molar-refractivity contribution in [3.8, 4) is 0 Å². The zero-order valence-corrected chi connectivity index (χ0v) is 12.5. The molecule has 1 aromatic rings. The molecule has 0 bridgehead atoms. The number of likely N-dealkylation sites (tertiary alicyclic amines) is 1. The molecule has 1 aliphatic heterocycles. The largest absolute Gasteiger partial charge is 0.334 e. The lowest BCUT2D eigenvalue weighted by Crippen LogP contribution is -2.42. The molecule has 0 aliphatic carbocycles. The van der Waals surface area contributed by atoms with Gasteiger partial charge in [-0.1, -0.05) is 0 Å². The summed E-state index contributed by atoms with van der Waals surface area (Å²) in [5, 5.41) is 0. The molecule has 0 aromatic heterocycles. The van der Waals surface area contributed by atoms with Crippen molar-refractivity contribution in [2.45, 2.75) is 37.1 Å². The monoisotopic (exact) mass is 301 g/mol. The molecule has 2 rings (SSSR count). The Morgan fingerprint density at radius 2 is 1.84 bits per heavy atom. The van der Waals surface area contributed by atoms with Gasteiger partial charge in [-0.05, 0) is 51.0 Å². The number of hydrogen-bond acceptors (Lipinski definition) is 3. The van der Waals surface area contributed by atoms with E-state index in [4.69, 9.17) is 10.7 Å². The third-order valence-electron chi connectivity index (χ3n) is 3.53. The Morgan fingerprint density at radius 3 is 2.26 bits per heavy atom. The van der Waals surface area contributed by atoms with Crippen LogP contribution in [-0.2, 0) is 9.05 Å². The maximum absolute atomic E-state index is 12.4. The Labute approximate surface area is 117 Å². The van der Waals surface area contributed by atoms with Gasteiger partial charge in [-0.15, -0.1) is 0 Å². The molecule has 0 radical (unpaired) electrons. The molecule has 1 heterocycles. The lowest BCUT2D eigenvalue weighted by Gasteiger charge is -2.31. The van der Waals surface area contributed by atoms with Crippen LogP contribution in [0.5, 0.6) is 0 Å². The lowest BCUT2D eigenvalue weighted by atomic mass is 10.0. The van der Waals surface area contributed by atoms with Crippen LogP contribution in [0.15, 0.2) is 29.2 Å². The third kappa shape index (κ3) is 2.92. The molecule has 4 nitrogen and oxygen atoms in total. The predicted molar refractivity (Wildman–Crippen MR) is 73.8 cm³/mol. The van der Waals surface area contributed by atoms with Crippen LogP contribution in [0, 0.1) is 0 Å². The van der Waals surface area contributed by atoms with Gasteiger partial charge in [0.1, 0.15) is 0 Å². The molecule has 0 saturated carbocycles. The van der Waals surface area contributed by atoms with Crippen molar-refractivity contribution in [1.29, 1.82) is 0 Å². The maximum Gasteiger partial charge on any atom is 0.261 e. The van der Waals surface area contributed by atoms with E-state index in [9.17, 15) is 13.2 Å². The summed E-state index contributed by atoms with van der Waals surface area (Å²) in [6.45, 7) is 4.81. The molecule has 19 heavy (non-hydrogen) atoms. The topological polar surface area (TPSA) is 54.5 Å². The highest BCUT2D eigenvalue weighted by molar-refractivity contribution is 8.13. The van der Waals surface area contributed by atoms with Crippen molar-refractivity contribution >= 4 is 25.6 Å². The van der Waals surface area contributed by atoms with Crippen LogP contribution >= 0.6 is 10.7 Å². The van der Waals surface area contributed by atoms with E-state index in [1.165, 1.54) is 24.3 Å². The first-order valence-corrected chi connectivity index (χ1v) is 8.39. The number of hydrogen-bond donors (Lipinski definition) is 0. The maximum atomic E-state index is 12.4. The van der Waals surface area contributed by atoms with Crippen molar-refractivity contribution in [1.82, 2.24) is 4.90 Å². The predicted octanol–water partition coefficient (Wildman–Crippen LogP) is 2.63. The van der Waals surface area contributed by atoms with Gasteiger partial charge < -0.3 is 4.90 Å². The van der Waals surface area contributed by atoms with Gasteiger partial charge in [0.15, 0.2) is 0 Å². The highest BCUT2D eigenvalue weighted by atomic mass is 35.7. The molecule has 1 amide bonds. The summed E-state index contributed by atoms with van der Waals surface area (Å²) in [5.74, 6) is -0.0685. The Kier molecular flexibility index (Phi) is 3.62. The number of nitrogens with zero attached hydrogens (tertiary/aromatic N) is 1. The summed E-state index contributed by atoms with van der Waals surface area (Å²) in [6.07, 6.45) is 1.97. The van der Waals surface area contributed by atoms with Crippen LogP contribution in [0.4, 0.5) is 0 Å². The van der Waals surface area contributed by atoms with Gasteiger partial charge in [0, 0.05) is 28.3 Å². The molecule has 0 atom stereocenters. The first kappa shape index (κ1) is 14.3. The molecular weight excluding hydrogens is 286 g/mol. The molecule has 0 spiro atoms. The second kappa shape index (κ2) is 4.80. The second-order valence-electron chi connectivity index (χ2n) is 5.34. The smallest absolute Gasteiger partial charge is 0.261 e. The first-order valence-electron chi connectivity index (χ1n) is 6.08. The van der Waals surface area contributed by atoms with Crippen LogP contribution in [0.25, 0.3) is 0 Å². The Balaban J connectivity index is 2.26. The summed E-state index contributed by atoms with van der Waals surface area (Å²) in [4.78, 5) is 14.2. The molecule has 1 aromatic carbocycles. The van der Waals surface area contributed by atoms with E-state index < -0.39 is 9.05 Å². The van der Waals surface area contributed by atoms with E-state index in [0.717, 1.165) is 19.4 Å². The van der Waals surface area contributed by atoms with Gasteiger partial charge in [0.2, 0.25) is 0 Å². The van der Waals surface area contributed by atoms with E-state index in [1.54, 1.807) is 0 Å². The molecule has 104 valence electrons. The van der Waals surface area contributed by atoms with Gasteiger partial charge in [0.25, 0.3) is 15.0 Å². The van der Waals surface area contributed by atoms with Crippen molar-refractivity contribution in [2.24, 2.45) is 0 Å². The van der Waals surface area contributed by atoms with Gasteiger partial charge in [-0.3, -0.25) is 4.79 Å². The Bertz CT molecular complexity index is 593. The lowest BCUT2D eigenvalue weighted by molar-refractivity contribution is 0.0652. The molecule has 0 N–H and O–H groups in total. The first-order chi connectivity index (χ1) is 8.72. The fourth-order valence-corrected chi connectivity index (χ4v) is 3.17. The summed E-state index contributed by atoms with van der Waals surface area (Å²) >= 11 is 0. The van der Waals surface area contributed by atoms with Crippen molar-refractivity contribution in [2.75, 3.05) is 6.54 Å². The van der Waals surface area contributed by atoms with Crippen LogP contribution < -0.4 is 0 Å². The average molecular weight is 302 g/mol. The fraction of sp³-hybridized carbons (Fsp3) is 0.462. The van der Waals surface area contributed by atoms with E-state index in [1.807, 2.05) is 18.7 Å². The number of halogens is 1. The third-order valence-corrected chi connectivity index (χ3v) is 4.90. The van der Waals surface area contributed by atoms with Gasteiger partial charge in [-0.25, -0.2) is 8.42 Å². The SMILES string of the molecule is CC1(C)CCCN1C(=O)c1ccc(S(=O)(=O)Cl)cc1. The minimum Gasteiger partial charge on any atom is -0.334 e. The minimum atomic E-state index is -3.74. The number of amides is 1. The zero-order chi connectivity index (χ0) is 14.3. The average Bonchev–Trinajstić information content (AvgIpc) is 2.67. The number of carbonyl (C=O) groups is 1. The molecular formula is C13H16ClNO3S. The van der Waals surface area contributed by atoms with Gasteiger partial charge >= 0.3 is 0 Å². The molecule has 1 fully saturated rings. The normalized spacial score (nSPS) is 18.6. The van der Waals surface area contributed by atoms with Crippen molar-refractivity contribution in [3.63, 3.8) is 0 Å². The van der Waals surface area contributed by atoms with Crippen LogP contribution in [0.3, 0.4) is 0 Å². The van der Waals surface area contributed by atoms with Gasteiger partial charge in [0.05, 0.1) is 4.90 Å². The molecule has 0 unspecified atom stereocenters. The fourth-order valence-electron chi connectivity index (χ4n) is 2.40. The highest BCUT2D eigenvalue weighted by Gasteiger charge is 2.35. The van der Waals surface area contributed by atoms with E-state index in [0.29, 0.717) is 5.56 Å². The second-order valence-corrected chi connectivity index (χ2v) is 7.90. The van der Waals surface area contributed by atoms with E-state index in [-0.39, 0.29) is 16.3 Å². The highest BCUT2D eigenvalue weighted by Crippen LogP contribution is 2.30. The molecule has 1 saturated heterocycles. The Hall–Kier alpha value is -1.07. The van der Waals surface area contributed by atoms with Crippen molar-refractivity contribution in [3.05, 3.63) is 29.8 Å². The number of benzene rings is 1. The van der Waals surface area contributed by atoms with E-state index in [2.05, 4.69) is 0 Å². The number of carbonyl (C=O) groups excluding carboxylic acids is 1. The zero-order valence-electron chi connectivity index (χ0n) is 10.9. The summed E-state index contributed by atoms with van der Waals surface area (Å²) in [5.41, 5.74) is 0.341. The summed E-state index contributed by atoms with van der Waals surface area (Å²) in [7, 11) is 1.50. The molecule has 6 heteroatoms. The van der Waals surface area contributed by atoms with Gasteiger partial charge in [-0.2, -0.15) is 0 Å². The quantitative estimate of drug-likeness (QED) is 0.789. The standard InChI is InChI=1S/C13H16ClNO3S/c1-13(2)8-3-9-15(13)12(16)10-4-6-11(7-5-10)19(14,17)18/h4-7H,3,8-9H2,1-2H3.